The Labute approximate surface area is 148 Å². The molecular formula is C17H25ClN4S. The van der Waals surface area contributed by atoms with Crippen molar-refractivity contribution in [1.82, 2.24) is 20.0 Å². The summed E-state index contributed by atoms with van der Waals surface area (Å²) in [4.78, 5) is 5.47. The van der Waals surface area contributed by atoms with Gasteiger partial charge >= 0.3 is 0 Å². The van der Waals surface area contributed by atoms with E-state index >= 15 is 0 Å². The van der Waals surface area contributed by atoms with Crippen molar-refractivity contribution in [2.45, 2.75) is 25.8 Å². The topological polar surface area (TPSA) is 33.1 Å². The highest BCUT2D eigenvalue weighted by molar-refractivity contribution is 7.15. The maximum Gasteiger partial charge on any atom is 0.0576 e. The minimum Gasteiger partial charge on any atom is -0.317 e. The molecule has 0 aromatic carbocycles. The summed E-state index contributed by atoms with van der Waals surface area (Å²) in [6, 6.07) is 4.54. The summed E-state index contributed by atoms with van der Waals surface area (Å²) >= 11 is 1.91. The van der Waals surface area contributed by atoms with E-state index in [4.69, 9.17) is 0 Å². The Bertz CT molecular complexity index is 645. The number of nitrogens with zero attached hydrogens (tertiary/aromatic N) is 3. The van der Waals surface area contributed by atoms with Crippen LogP contribution in [0.3, 0.4) is 0 Å². The molecule has 4 rings (SSSR count). The molecule has 2 aromatic heterocycles. The van der Waals surface area contributed by atoms with Gasteiger partial charge in [-0.1, -0.05) is 0 Å². The third kappa shape index (κ3) is 3.63. The van der Waals surface area contributed by atoms with Crippen molar-refractivity contribution in [3.8, 4) is 10.4 Å². The first-order valence-electron chi connectivity index (χ1n) is 8.23. The molecule has 0 amide bonds. The molecule has 126 valence electrons. The maximum absolute atomic E-state index is 4.27. The molecule has 4 nitrogen and oxygen atoms in total. The number of halogens is 1. The Morgan fingerprint density at radius 2 is 2.09 bits per heavy atom. The van der Waals surface area contributed by atoms with Gasteiger partial charge < -0.3 is 5.32 Å². The zero-order chi connectivity index (χ0) is 15.0. The molecule has 2 aliphatic heterocycles. The summed E-state index contributed by atoms with van der Waals surface area (Å²) in [5, 5.41) is 7.77. The molecule has 23 heavy (non-hydrogen) atoms. The van der Waals surface area contributed by atoms with Gasteiger partial charge in [0.1, 0.15) is 0 Å². The van der Waals surface area contributed by atoms with Crippen LogP contribution in [0.5, 0.6) is 0 Å². The lowest BCUT2D eigenvalue weighted by molar-refractivity contribution is 0.194. The van der Waals surface area contributed by atoms with Crippen LogP contribution in [0, 0.1) is 5.41 Å². The molecule has 0 saturated carbocycles. The zero-order valence-corrected chi connectivity index (χ0v) is 15.3. The molecule has 2 fully saturated rings. The first-order valence-corrected chi connectivity index (χ1v) is 9.05. The Hall–Kier alpha value is -0.880. The van der Waals surface area contributed by atoms with E-state index in [-0.39, 0.29) is 12.4 Å². The molecule has 2 saturated heterocycles. The van der Waals surface area contributed by atoms with Crippen LogP contribution < -0.4 is 5.32 Å². The second-order valence-electron chi connectivity index (χ2n) is 6.88. The summed E-state index contributed by atoms with van der Waals surface area (Å²) < 4.78 is 1.87. The van der Waals surface area contributed by atoms with Gasteiger partial charge in [-0.15, -0.1) is 23.7 Å². The van der Waals surface area contributed by atoms with Gasteiger partial charge in [0.05, 0.1) is 6.20 Å². The molecular weight excluding hydrogens is 328 g/mol. The molecule has 4 heterocycles. The standard InChI is InChI=1S/C17H24N4S.ClH/c1-20-11-14(10-19-20)16-3-2-15(22-16)12-21-9-6-17(13-21)4-7-18-8-5-17;/h2-3,10-11,18H,4-9,12-13H2,1H3;1H. The van der Waals surface area contributed by atoms with Gasteiger partial charge in [-0.2, -0.15) is 5.10 Å². The molecule has 1 N–H and O–H groups in total. The molecule has 0 aliphatic carbocycles. The van der Waals surface area contributed by atoms with Crippen LogP contribution in [-0.4, -0.2) is 40.9 Å². The van der Waals surface area contributed by atoms with Gasteiger partial charge in [0.25, 0.3) is 0 Å². The lowest BCUT2D eigenvalue weighted by Crippen LogP contribution is -2.38. The fourth-order valence-electron chi connectivity index (χ4n) is 3.91. The third-order valence-corrected chi connectivity index (χ3v) is 6.33. The predicted octanol–water partition coefficient (Wildman–Crippen LogP) is 3.15. The van der Waals surface area contributed by atoms with Gasteiger partial charge in [0.15, 0.2) is 0 Å². The van der Waals surface area contributed by atoms with Gasteiger partial charge in [0, 0.05) is 41.7 Å². The molecule has 1 spiro atoms. The Kier molecular flexibility index (Phi) is 5.11. The van der Waals surface area contributed by atoms with E-state index in [1.54, 1.807) is 0 Å². The van der Waals surface area contributed by atoms with E-state index in [0.717, 1.165) is 6.54 Å². The summed E-state index contributed by atoms with van der Waals surface area (Å²) in [6.45, 7) is 6.07. The lowest BCUT2D eigenvalue weighted by Gasteiger charge is -2.33. The Balaban J connectivity index is 0.00000156. The van der Waals surface area contributed by atoms with Crippen molar-refractivity contribution >= 4 is 23.7 Å². The molecule has 2 aliphatic rings. The van der Waals surface area contributed by atoms with Crippen molar-refractivity contribution in [2.75, 3.05) is 26.2 Å². The number of rotatable bonds is 3. The van der Waals surface area contributed by atoms with Crippen LogP contribution in [0.2, 0.25) is 0 Å². The summed E-state index contributed by atoms with van der Waals surface area (Å²) in [7, 11) is 1.97. The molecule has 0 atom stereocenters. The fraction of sp³-hybridized carbons (Fsp3) is 0.588. The van der Waals surface area contributed by atoms with E-state index < -0.39 is 0 Å². The second-order valence-corrected chi connectivity index (χ2v) is 8.05. The number of hydrogen-bond acceptors (Lipinski definition) is 4. The number of nitrogens with one attached hydrogen (secondary N) is 1. The van der Waals surface area contributed by atoms with Crippen LogP contribution in [0.1, 0.15) is 24.1 Å². The van der Waals surface area contributed by atoms with E-state index in [2.05, 4.69) is 33.6 Å². The highest BCUT2D eigenvalue weighted by Crippen LogP contribution is 2.39. The van der Waals surface area contributed by atoms with Crippen molar-refractivity contribution in [3.05, 3.63) is 29.4 Å². The number of aryl methyl sites for hydroxylation is 1. The summed E-state index contributed by atoms with van der Waals surface area (Å²) in [5.41, 5.74) is 1.84. The SMILES string of the molecule is Cl.Cn1cc(-c2ccc(CN3CCC4(CCNCC4)C3)s2)cn1. The lowest BCUT2D eigenvalue weighted by atomic mass is 9.78. The maximum atomic E-state index is 4.27. The molecule has 0 bridgehead atoms. The summed E-state index contributed by atoms with van der Waals surface area (Å²) in [6.07, 6.45) is 8.14. The van der Waals surface area contributed by atoms with Gasteiger partial charge in [-0.25, -0.2) is 0 Å². The van der Waals surface area contributed by atoms with Gasteiger partial charge in [-0.05, 0) is 56.4 Å². The molecule has 2 aromatic rings. The number of likely N-dealkylation sites (tertiary alicyclic amines) is 1. The smallest absolute Gasteiger partial charge is 0.0576 e. The number of aromatic nitrogens is 2. The van der Waals surface area contributed by atoms with Crippen LogP contribution in [-0.2, 0) is 13.6 Å². The number of piperidine rings is 1. The number of thiophene rings is 1. The average Bonchev–Trinajstić information content (AvgIpc) is 3.22. The van der Waals surface area contributed by atoms with Crippen LogP contribution in [0.4, 0.5) is 0 Å². The Morgan fingerprint density at radius 1 is 1.26 bits per heavy atom. The fourth-order valence-corrected chi connectivity index (χ4v) is 4.94. The molecule has 0 unspecified atom stereocenters. The molecule has 6 heteroatoms. The van der Waals surface area contributed by atoms with Crippen molar-refractivity contribution < 1.29 is 0 Å². The van der Waals surface area contributed by atoms with Gasteiger partial charge in [0.2, 0.25) is 0 Å². The van der Waals surface area contributed by atoms with Crippen LogP contribution in [0.25, 0.3) is 10.4 Å². The zero-order valence-electron chi connectivity index (χ0n) is 13.6. The highest BCUT2D eigenvalue weighted by Gasteiger charge is 2.38. The van der Waals surface area contributed by atoms with E-state index in [0.29, 0.717) is 5.41 Å². The van der Waals surface area contributed by atoms with Crippen molar-refractivity contribution in [2.24, 2.45) is 12.5 Å². The Morgan fingerprint density at radius 3 is 2.83 bits per heavy atom. The minimum absolute atomic E-state index is 0. The van der Waals surface area contributed by atoms with Crippen LogP contribution >= 0.6 is 23.7 Å². The average molecular weight is 353 g/mol. The van der Waals surface area contributed by atoms with E-state index in [1.807, 2.05) is 29.3 Å². The highest BCUT2D eigenvalue weighted by atomic mass is 35.5. The quantitative estimate of drug-likeness (QED) is 0.921. The van der Waals surface area contributed by atoms with E-state index in [9.17, 15) is 0 Å². The van der Waals surface area contributed by atoms with Crippen molar-refractivity contribution in [3.63, 3.8) is 0 Å². The van der Waals surface area contributed by atoms with Crippen molar-refractivity contribution in [1.29, 1.82) is 0 Å². The molecule has 0 radical (unpaired) electrons. The normalized spacial score (nSPS) is 20.7. The monoisotopic (exact) mass is 352 g/mol. The third-order valence-electron chi connectivity index (χ3n) is 5.21. The largest absolute Gasteiger partial charge is 0.317 e. The summed E-state index contributed by atoms with van der Waals surface area (Å²) in [5.74, 6) is 0. The first kappa shape index (κ1) is 17.0. The second kappa shape index (κ2) is 6.93. The predicted molar refractivity (Wildman–Crippen MR) is 98.2 cm³/mol. The van der Waals surface area contributed by atoms with Crippen LogP contribution in [0.15, 0.2) is 24.5 Å². The first-order chi connectivity index (χ1) is 10.7. The minimum atomic E-state index is 0. The van der Waals surface area contributed by atoms with E-state index in [1.165, 1.54) is 60.8 Å². The van der Waals surface area contributed by atoms with Gasteiger partial charge in [-0.3, -0.25) is 9.58 Å². The number of hydrogen-bond donors (Lipinski definition) is 1.